The lowest BCUT2D eigenvalue weighted by Gasteiger charge is -2.19. The molecule has 1 aromatic rings. The molecule has 0 radical (unpaired) electrons. The first-order chi connectivity index (χ1) is 6.77. The molecule has 0 spiro atoms. The van der Waals surface area contributed by atoms with E-state index in [1.54, 1.807) is 4.80 Å². The average Bonchev–Trinajstić information content (AvgIpc) is 2.68. The first-order valence-corrected chi connectivity index (χ1v) is 5.27. The number of hydrogen-bond donors (Lipinski definition) is 1. The molecule has 1 aliphatic rings. The Morgan fingerprint density at radius 2 is 2.36 bits per heavy atom. The molecule has 14 heavy (non-hydrogen) atoms. The van der Waals surface area contributed by atoms with Crippen molar-refractivity contribution in [3.8, 4) is 0 Å². The summed E-state index contributed by atoms with van der Waals surface area (Å²) in [7, 11) is 0. The fourth-order valence-electron chi connectivity index (χ4n) is 1.69. The monoisotopic (exact) mass is 195 g/mol. The SMILES string of the molecule is CC(C)n1nnc(C2CCCNC2)n1. The maximum atomic E-state index is 4.39. The highest BCUT2D eigenvalue weighted by Gasteiger charge is 2.20. The highest BCUT2D eigenvalue weighted by Crippen LogP contribution is 2.19. The second-order valence-corrected chi connectivity index (χ2v) is 4.11. The Kier molecular flexibility index (Phi) is 2.77. The Balaban J connectivity index is 2.07. The minimum absolute atomic E-state index is 0.299. The molecule has 2 rings (SSSR count). The van der Waals surface area contributed by atoms with E-state index >= 15 is 0 Å². The van der Waals surface area contributed by atoms with E-state index < -0.39 is 0 Å². The number of tetrazole rings is 1. The van der Waals surface area contributed by atoms with Gasteiger partial charge >= 0.3 is 0 Å². The van der Waals surface area contributed by atoms with Crippen LogP contribution in [0.1, 0.15) is 44.5 Å². The molecule has 78 valence electrons. The van der Waals surface area contributed by atoms with Gasteiger partial charge in [0.2, 0.25) is 0 Å². The second-order valence-electron chi connectivity index (χ2n) is 4.11. The minimum atomic E-state index is 0.299. The topological polar surface area (TPSA) is 55.6 Å². The van der Waals surface area contributed by atoms with E-state index in [1.807, 2.05) is 0 Å². The molecular formula is C9H17N5. The first-order valence-electron chi connectivity index (χ1n) is 5.27. The lowest BCUT2D eigenvalue weighted by molar-refractivity contribution is 0.431. The van der Waals surface area contributed by atoms with Gasteiger partial charge < -0.3 is 5.32 Å². The van der Waals surface area contributed by atoms with E-state index in [0.29, 0.717) is 12.0 Å². The van der Waals surface area contributed by atoms with Crippen molar-refractivity contribution in [2.75, 3.05) is 13.1 Å². The predicted molar refractivity (Wildman–Crippen MR) is 53.0 cm³/mol. The molecule has 0 aromatic carbocycles. The van der Waals surface area contributed by atoms with Crippen LogP contribution in [0.5, 0.6) is 0 Å². The summed E-state index contributed by atoms with van der Waals surface area (Å²) < 4.78 is 0. The highest BCUT2D eigenvalue weighted by molar-refractivity contribution is 4.94. The van der Waals surface area contributed by atoms with Crippen molar-refractivity contribution in [3.63, 3.8) is 0 Å². The normalized spacial score (nSPS) is 22.9. The standard InChI is InChI=1S/C9H17N5/c1-7(2)14-12-9(11-13-14)8-4-3-5-10-6-8/h7-8,10H,3-6H2,1-2H3. The summed E-state index contributed by atoms with van der Waals surface area (Å²) in [6.45, 7) is 6.23. The number of piperidine rings is 1. The van der Waals surface area contributed by atoms with Crippen molar-refractivity contribution in [2.45, 2.75) is 38.6 Å². The van der Waals surface area contributed by atoms with Crippen LogP contribution in [-0.4, -0.2) is 33.3 Å². The maximum Gasteiger partial charge on any atom is 0.179 e. The zero-order chi connectivity index (χ0) is 9.97. The Bertz CT molecular complexity index is 287. The van der Waals surface area contributed by atoms with Crippen molar-refractivity contribution < 1.29 is 0 Å². The Hall–Kier alpha value is -0.970. The average molecular weight is 195 g/mol. The molecular weight excluding hydrogens is 178 g/mol. The molecule has 1 fully saturated rings. The zero-order valence-corrected chi connectivity index (χ0v) is 8.77. The lowest BCUT2D eigenvalue weighted by Crippen LogP contribution is -2.29. The second kappa shape index (κ2) is 4.04. The van der Waals surface area contributed by atoms with Gasteiger partial charge in [-0.3, -0.25) is 0 Å². The van der Waals surface area contributed by atoms with E-state index in [9.17, 15) is 0 Å². The van der Waals surface area contributed by atoms with Crippen LogP contribution in [-0.2, 0) is 0 Å². The summed E-state index contributed by atoms with van der Waals surface area (Å²) >= 11 is 0. The molecule has 1 aromatic heterocycles. The summed E-state index contributed by atoms with van der Waals surface area (Å²) in [5.41, 5.74) is 0. The molecule has 1 saturated heterocycles. The van der Waals surface area contributed by atoms with Gasteiger partial charge in [-0.2, -0.15) is 4.80 Å². The molecule has 5 heteroatoms. The molecule has 5 nitrogen and oxygen atoms in total. The van der Waals surface area contributed by atoms with Crippen molar-refractivity contribution in [3.05, 3.63) is 5.82 Å². The van der Waals surface area contributed by atoms with Crippen LogP contribution < -0.4 is 5.32 Å². The van der Waals surface area contributed by atoms with Gasteiger partial charge in [-0.05, 0) is 38.4 Å². The van der Waals surface area contributed by atoms with Crippen LogP contribution in [0.3, 0.4) is 0 Å². The van der Waals surface area contributed by atoms with Crippen LogP contribution >= 0.6 is 0 Å². The third-order valence-electron chi connectivity index (χ3n) is 2.57. The Morgan fingerprint density at radius 3 is 2.93 bits per heavy atom. The van der Waals surface area contributed by atoms with Gasteiger partial charge in [-0.1, -0.05) is 0 Å². The van der Waals surface area contributed by atoms with Gasteiger partial charge in [0.05, 0.1) is 6.04 Å². The first kappa shape index (κ1) is 9.58. The summed E-state index contributed by atoms with van der Waals surface area (Å²) in [6, 6.07) is 0.299. The van der Waals surface area contributed by atoms with Crippen LogP contribution in [0.15, 0.2) is 0 Å². The summed E-state index contributed by atoms with van der Waals surface area (Å²) in [5, 5.41) is 15.9. The molecule has 1 aliphatic heterocycles. The van der Waals surface area contributed by atoms with Crippen molar-refractivity contribution in [2.24, 2.45) is 0 Å². The summed E-state index contributed by atoms with van der Waals surface area (Å²) in [4.78, 5) is 1.68. The number of hydrogen-bond acceptors (Lipinski definition) is 4. The summed E-state index contributed by atoms with van der Waals surface area (Å²) in [6.07, 6.45) is 2.39. The zero-order valence-electron chi connectivity index (χ0n) is 8.77. The van der Waals surface area contributed by atoms with Crippen LogP contribution in [0, 0.1) is 0 Å². The van der Waals surface area contributed by atoms with Gasteiger partial charge in [-0.25, -0.2) is 0 Å². The third-order valence-corrected chi connectivity index (χ3v) is 2.57. The predicted octanol–water partition coefficient (Wildman–Crippen LogP) is 0.721. The Labute approximate surface area is 83.9 Å². The van der Waals surface area contributed by atoms with E-state index in [-0.39, 0.29) is 0 Å². The van der Waals surface area contributed by atoms with E-state index in [4.69, 9.17) is 0 Å². The smallest absolute Gasteiger partial charge is 0.179 e. The summed E-state index contributed by atoms with van der Waals surface area (Å²) in [5.74, 6) is 1.35. The number of nitrogens with zero attached hydrogens (tertiary/aromatic N) is 4. The maximum absolute atomic E-state index is 4.39. The fraction of sp³-hybridized carbons (Fsp3) is 0.889. The fourth-order valence-corrected chi connectivity index (χ4v) is 1.69. The van der Waals surface area contributed by atoms with Crippen molar-refractivity contribution >= 4 is 0 Å². The number of nitrogens with one attached hydrogen (secondary N) is 1. The molecule has 0 amide bonds. The quantitative estimate of drug-likeness (QED) is 0.755. The van der Waals surface area contributed by atoms with Crippen LogP contribution in [0.2, 0.25) is 0 Å². The highest BCUT2D eigenvalue weighted by atomic mass is 15.6. The van der Waals surface area contributed by atoms with Crippen LogP contribution in [0.4, 0.5) is 0 Å². The molecule has 0 saturated carbocycles. The van der Waals surface area contributed by atoms with Crippen molar-refractivity contribution in [1.29, 1.82) is 0 Å². The lowest BCUT2D eigenvalue weighted by atomic mass is 9.99. The van der Waals surface area contributed by atoms with Gasteiger partial charge in [0.15, 0.2) is 5.82 Å². The van der Waals surface area contributed by atoms with E-state index in [2.05, 4.69) is 34.6 Å². The van der Waals surface area contributed by atoms with Crippen molar-refractivity contribution in [1.82, 2.24) is 25.5 Å². The Morgan fingerprint density at radius 1 is 1.50 bits per heavy atom. The van der Waals surface area contributed by atoms with Gasteiger partial charge in [-0.15, -0.1) is 10.2 Å². The molecule has 1 atom stereocenters. The van der Waals surface area contributed by atoms with E-state index in [1.165, 1.54) is 12.8 Å². The molecule has 0 aliphatic carbocycles. The minimum Gasteiger partial charge on any atom is -0.316 e. The number of aromatic nitrogens is 4. The van der Waals surface area contributed by atoms with E-state index in [0.717, 1.165) is 18.9 Å². The third kappa shape index (κ3) is 1.92. The molecule has 0 bridgehead atoms. The van der Waals surface area contributed by atoms with Gasteiger partial charge in [0.1, 0.15) is 0 Å². The largest absolute Gasteiger partial charge is 0.316 e. The molecule has 2 heterocycles. The van der Waals surface area contributed by atoms with Crippen LogP contribution in [0.25, 0.3) is 0 Å². The number of rotatable bonds is 2. The molecule has 1 unspecified atom stereocenters. The van der Waals surface area contributed by atoms with Gasteiger partial charge in [0.25, 0.3) is 0 Å². The van der Waals surface area contributed by atoms with Gasteiger partial charge in [0, 0.05) is 12.5 Å². The molecule has 1 N–H and O–H groups in total.